The Hall–Kier alpha value is -1.35. The van der Waals surface area contributed by atoms with Crippen LogP contribution < -0.4 is 0 Å². The molecule has 0 bridgehead atoms. The highest BCUT2D eigenvalue weighted by atomic mass is 16.5. The summed E-state index contributed by atoms with van der Waals surface area (Å²) in [7, 11) is 0. The van der Waals surface area contributed by atoms with Crippen LogP contribution in [0, 0.1) is 5.92 Å². The van der Waals surface area contributed by atoms with Gasteiger partial charge in [-0.25, -0.2) is 4.79 Å². The fourth-order valence-electron chi connectivity index (χ4n) is 2.58. The second kappa shape index (κ2) is 6.01. The molecule has 18 heavy (non-hydrogen) atoms. The zero-order valence-corrected chi connectivity index (χ0v) is 10.8. The Kier molecular flexibility index (Phi) is 4.37. The molecule has 0 aromatic heterocycles. The maximum Gasteiger partial charge on any atom is 0.338 e. The number of ether oxygens (including phenoxy) is 1. The quantitative estimate of drug-likeness (QED) is 0.833. The molecule has 1 fully saturated rings. The summed E-state index contributed by atoms with van der Waals surface area (Å²) in [5.74, 6) is 0.0675. The summed E-state index contributed by atoms with van der Waals surface area (Å²) in [5, 5.41) is 10.2. The first-order chi connectivity index (χ1) is 8.72. The first-order valence-corrected chi connectivity index (χ1v) is 6.67. The van der Waals surface area contributed by atoms with Crippen LogP contribution in [0.2, 0.25) is 0 Å². The van der Waals surface area contributed by atoms with Crippen LogP contribution in [-0.4, -0.2) is 17.7 Å². The Balaban J connectivity index is 2.04. The molecule has 0 amide bonds. The Bertz CT molecular complexity index is 391. The van der Waals surface area contributed by atoms with Gasteiger partial charge in [-0.3, -0.25) is 0 Å². The number of carbonyl (C=O) groups excluding carboxylic acids is 1. The number of hydrogen-bond donors (Lipinski definition) is 1. The Morgan fingerprint density at radius 3 is 2.50 bits per heavy atom. The van der Waals surface area contributed by atoms with Gasteiger partial charge in [0.1, 0.15) is 0 Å². The van der Waals surface area contributed by atoms with Crippen LogP contribution >= 0.6 is 0 Å². The van der Waals surface area contributed by atoms with E-state index in [-0.39, 0.29) is 5.97 Å². The average Bonchev–Trinajstić information content (AvgIpc) is 2.92. The first-order valence-electron chi connectivity index (χ1n) is 6.67. The van der Waals surface area contributed by atoms with Crippen LogP contribution in [0.15, 0.2) is 24.3 Å². The van der Waals surface area contributed by atoms with E-state index in [2.05, 4.69) is 0 Å². The number of carbonyl (C=O) groups is 1. The third-order valence-electron chi connectivity index (χ3n) is 3.61. The van der Waals surface area contributed by atoms with Crippen molar-refractivity contribution >= 4 is 5.97 Å². The van der Waals surface area contributed by atoms with Crippen LogP contribution in [0.5, 0.6) is 0 Å². The maximum atomic E-state index is 11.5. The van der Waals surface area contributed by atoms with E-state index in [1.54, 1.807) is 19.1 Å². The number of rotatable bonds is 4. The molecule has 98 valence electrons. The molecule has 3 nitrogen and oxygen atoms in total. The number of benzene rings is 1. The van der Waals surface area contributed by atoms with E-state index in [0.29, 0.717) is 18.1 Å². The molecular formula is C15H20O3. The Morgan fingerprint density at radius 2 is 1.94 bits per heavy atom. The van der Waals surface area contributed by atoms with Crippen LogP contribution in [0.4, 0.5) is 0 Å². The van der Waals surface area contributed by atoms with Crippen molar-refractivity contribution in [3.63, 3.8) is 0 Å². The van der Waals surface area contributed by atoms with Crippen LogP contribution in [0.1, 0.15) is 54.6 Å². The van der Waals surface area contributed by atoms with Crippen molar-refractivity contribution < 1.29 is 14.6 Å². The third kappa shape index (κ3) is 2.91. The Labute approximate surface area is 108 Å². The van der Waals surface area contributed by atoms with E-state index in [1.807, 2.05) is 12.1 Å². The third-order valence-corrected chi connectivity index (χ3v) is 3.61. The number of aliphatic hydroxyl groups excluding tert-OH is 1. The standard InChI is InChI=1S/C15H20O3/c1-2-18-15(17)13-9-7-12(8-10-13)14(16)11-5-3-4-6-11/h7-11,14,16H,2-6H2,1H3/t14-/m1/s1. The summed E-state index contributed by atoms with van der Waals surface area (Å²) >= 11 is 0. The molecule has 1 N–H and O–H groups in total. The molecule has 1 aliphatic carbocycles. The summed E-state index contributed by atoms with van der Waals surface area (Å²) in [4.78, 5) is 11.5. The molecule has 0 heterocycles. The van der Waals surface area contributed by atoms with Gasteiger partial charge in [0.2, 0.25) is 0 Å². The van der Waals surface area contributed by atoms with Crippen molar-refractivity contribution in [3.05, 3.63) is 35.4 Å². The van der Waals surface area contributed by atoms with E-state index in [1.165, 1.54) is 12.8 Å². The zero-order valence-electron chi connectivity index (χ0n) is 10.8. The predicted octanol–water partition coefficient (Wildman–Crippen LogP) is 3.09. The second-order valence-corrected chi connectivity index (χ2v) is 4.83. The molecule has 0 spiro atoms. The molecule has 1 atom stereocenters. The highest BCUT2D eigenvalue weighted by Crippen LogP contribution is 2.35. The molecule has 1 aromatic carbocycles. The van der Waals surface area contributed by atoms with Gasteiger partial charge in [-0.15, -0.1) is 0 Å². The molecule has 0 unspecified atom stereocenters. The van der Waals surface area contributed by atoms with E-state index in [9.17, 15) is 9.90 Å². The minimum absolute atomic E-state index is 0.306. The van der Waals surface area contributed by atoms with E-state index < -0.39 is 6.10 Å². The molecule has 0 aliphatic heterocycles. The Morgan fingerprint density at radius 1 is 1.33 bits per heavy atom. The lowest BCUT2D eigenvalue weighted by molar-refractivity contribution is 0.0526. The summed E-state index contributed by atoms with van der Waals surface area (Å²) < 4.78 is 4.93. The van der Waals surface area contributed by atoms with Gasteiger partial charge in [-0.2, -0.15) is 0 Å². The van der Waals surface area contributed by atoms with E-state index >= 15 is 0 Å². The number of esters is 1. The highest BCUT2D eigenvalue weighted by molar-refractivity contribution is 5.89. The topological polar surface area (TPSA) is 46.5 Å². The number of hydrogen-bond acceptors (Lipinski definition) is 3. The normalized spacial score (nSPS) is 17.7. The van der Waals surface area contributed by atoms with Crippen molar-refractivity contribution in [3.8, 4) is 0 Å². The largest absolute Gasteiger partial charge is 0.462 e. The summed E-state index contributed by atoms with van der Waals surface area (Å²) in [6.45, 7) is 2.17. The van der Waals surface area contributed by atoms with E-state index in [4.69, 9.17) is 4.74 Å². The fraction of sp³-hybridized carbons (Fsp3) is 0.533. The minimum Gasteiger partial charge on any atom is -0.462 e. The van der Waals surface area contributed by atoms with Gasteiger partial charge in [-0.05, 0) is 43.4 Å². The van der Waals surface area contributed by atoms with Crippen molar-refractivity contribution in [2.24, 2.45) is 5.92 Å². The van der Waals surface area contributed by atoms with Gasteiger partial charge in [0.15, 0.2) is 0 Å². The lowest BCUT2D eigenvalue weighted by Crippen LogP contribution is -2.10. The molecule has 1 saturated carbocycles. The van der Waals surface area contributed by atoms with Crippen LogP contribution in [-0.2, 0) is 4.74 Å². The smallest absolute Gasteiger partial charge is 0.338 e. The monoisotopic (exact) mass is 248 g/mol. The van der Waals surface area contributed by atoms with Gasteiger partial charge in [0.25, 0.3) is 0 Å². The van der Waals surface area contributed by atoms with Crippen molar-refractivity contribution in [2.75, 3.05) is 6.61 Å². The highest BCUT2D eigenvalue weighted by Gasteiger charge is 2.24. The van der Waals surface area contributed by atoms with Crippen molar-refractivity contribution in [1.82, 2.24) is 0 Å². The fourth-order valence-corrected chi connectivity index (χ4v) is 2.58. The molecule has 0 saturated heterocycles. The van der Waals surface area contributed by atoms with Gasteiger partial charge >= 0.3 is 5.97 Å². The maximum absolute atomic E-state index is 11.5. The molecule has 1 aromatic rings. The summed E-state index contributed by atoms with van der Waals surface area (Å²) in [6, 6.07) is 7.11. The molecule has 3 heteroatoms. The summed E-state index contributed by atoms with van der Waals surface area (Å²) in [5.41, 5.74) is 1.44. The average molecular weight is 248 g/mol. The molecule has 0 radical (unpaired) electrons. The SMILES string of the molecule is CCOC(=O)c1ccc([C@H](O)C2CCCC2)cc1. The molecular weight excluding hydrogens is 228 g/mol. The number of aliphatic hydroxyl groups is 1. The van der Waals surface area contributed by atoms with Crippen molar-refractivity contribution in [2.45, 2.75) is 38.7 Å². The minimum atomic E-state index is -0.399. The molecule has 2 rings (SSSR count). The zero-order chi connectivity index (χ0) is 13.0. The lowest BCUT2D eigenvalue weighted by atomic mass is 9.94. The second-order valence-electron chi connectivity index (χ2n) is 4.83. The van der Waals surface area contributed by atoms with Crippen LogP contribution in [0.3, 0.4) is 0 Å². The first kappa shape index (κ1) is 13.1. The summed E-state index contributed by atoms with van der Waals surface area (Å²) in [6.07, 6.45) is 4.22. The predicted molar refractivity (Wildman–Crippen MR) is 69.3 cm³/mol. The van der Waals surface area contributed by atoms with Gasteiger partial charge in [-0.1, -0.05) is 25.0 Å². The molecule has 1 aliphatic rings. The van der Waals surface area contributed by atoms with Gasteiger partial charge in [0.05, 0.1) is 18.3 Å². The van der Waals surface area contributed by atoms with Gasteiger partial charge < -0.3 is 9.84 Å². The van der Waals surface area contributed by atoms with E-state index in [0.717, 1.165) is 18.4 Å². The van der Waals surface area contributed by atoms with Crippen molar-refractivity contribution in [1.29, 1.82) is 0 Å². The van der Waals surface area contributed by atoms with Crippen LogP contribution in [0.25, 0.3) is 0 Å². The lowest BCUT2D eigenvalue weighted by Gasteiger charge is -2.18. The van der Waals surface area contributed by atoms with Gasteiger partial charge in [0, 0.05) is 0 Å².